The van der Waals surface area contributed by atoms with Crippen LogP contribution < -0.4 is 5.32 Å². The molecule has 16 heavy (non-hydrogen) atoms. The van der Waals surface area contributed by atoms with Gasteiger partial charge in [0.15, 0.2) is 0 Å². The normalized spacial score (nSPS) is 17.9. The molecule has 0 atom stereocenters. The number of aromatic nitrogens is 2. The molecule has 1 aromatic heterocycles. The van der Waals surface area contributed by atoms with Crippen LogP contribution in [-0.2, 0) is 13.6 Å². The fourth-order valence-corrected chi connectivity index (χ4v) is 2.67. The maximum atomic E-state index is 6.19. The third-order valence-corrected chi connectivity index (χ3v) is 3.92. The fraction of sp³-hybridized carbons (Fsp3) is 0.750. The van der Waals surface area contributed by atoms with Crippen molar-refractivity contribution >= 4 is 11.6 Å². The zero-order valence-electron chi connectivity index (χ0n) is 10.1. The lowest BCUT2D eigenvalue weighted by Gasteiger charge is -2.22. The highest BCUT2D eigenvalue weighted by Crippen LogP contribution is 2.21. The number of halogens is 1. The Balaban J connectivity index is 1.93. The molecule has 1 saturated carbocycles. The summed E-state index contributed by atoms with van der Waals surface area (Å²) < 4.78 is 1.74. The second kappa shape index (κ2) is 5.19. The molecule has 90 valence electrons. The summed E-state index contributed by atoms with van der Waals surface area (Å²) in [7, 11) is 1.89. The Kier molecular flexibility index (Phi) is 3.87. The maximum absolute atomic E-state index is 6.19. The van der Waals surface area contributed by atoms with Gasteiger partial charge in [-0.3, -0.25) is 4.68 Å². The molecule has 0 aliphatic heterocycles. The van der Waals surface area contributed by atoms with E-state index in [2.05, 4.69) is 10.4 Å². The smallest absolute Gasteiger partial charge is 0.131 e. The van der Waals surface area contributed by atoms with E-state index >= 15 is 0 Å². The highest BCUT2D eigenvalue weighted by Gasteiger charge is 2.15. The van der Waals surface area contributed by atoms with Gasteiger partial charge in [0, 0.05) is 25.2 Å². The second-order valence-electron chi connectivity index (χ2n) is 4.69. The van der Waals surface area contributed by atoms with Gasteiger partial charge < -0.3 is 5.32 Å². The lowest BCUT2D eigenvalue weighted by Crippen LogP contribution is -2.30. The van der Waals surface area contributed by atoms with Crippen LogP contribution in [0.15, 0.2) is 0 Å². The number of hydrogen-bond donors (Lipinski definition) is 1. The topological polar surface area (TPSA) is 29.9 Å². The van der Waals surface area contributed by atoms with Gasteiger partial charge in [-0.25, -0.2) is 0 Å². The number of hydrogen-bond acceptors (Lipinski definition) is 2. The molecule has 0 unspecified atom stereocenters. The predicted molar refractivity (Wildman–Crippen MR) is 66.7 cm³/mol. The Hall–Kier alpha value is -0.540. The van der Waals surface area contributed by atoms with E-state index in [9.17, 15) is 0 Å². The van der Waals surface area contributed by atoms with E-state index in [1.54, 1.807) is 4.68 Å². The Morgan fingerprint density at radius 1 is 1.38 bits per heavy atom. The minimum Gasteiger partial charge on any atom is -0.310 e. The van der Waals surface area contributed by atoms with Crippen molar-refractivity contribution in [3.63, 3.8) is 0 Å². The highest BCUT2D eigenvalue weighted by atomic mass is 35.5. The van der Waals surface area contributed by atoms with Crippen LogP contribution in [0.5, 0.6) is 0 Å². The van der Waals surface area contributed by atoms with E-state index in [1.165, 1.54) is 32.1 Å². The fourth-order valence-electron chi connectivity index (χ4n) is 2.43. The molecule has 0 saturated heterocycles. The first-order valence-electron chi connectivity index (χ1n) is 6.10. The molecule has 0 radical (unpaired) electrons. The third-order valence-electron chi connectivity index (χ3n) is 3.44. The van der Waals surface area contributed by atoms with Gasteiger partial charge in [0.2, 0.25) is 0 Å². The summed E-state index contributed by atoms with van der Waals surface area (Å²) in [5.74, 6) is 0. The number of aryl methyl sites for hydroxylation is 2. The van der Waals surface area contributed by atoms with Gasteiger partial charge in [-0.15, -0.1) is 0 Å². The maximum Gasteiger partial charge on any atom is 0.131 e. The molecule has 1 aromatic rings. The van der Waals surface area contributed by atoms with Crippen LogP contribution in [0.4, 0.5) is 0 Å². The number of nitrogens with zero attached hydrogens (tertiary/aromatic N) is 2. The molecule has 0 aromatic carbocycles. The average Bonchev–Trinajstić information content (AvgIpc) is 2.53. The minimum atomic E-state index is 0.671. The Labute approximate surface area is 102 Å². The van der Waals surface area contributed by atoms with E-state index < -0.39 is 0 Å². The molecule has 2 rings (SSSR count). The van der Waals surface area contributed by atoms with E-state index in [-0.39, 0.29) is 0 Å². The first kappa shape index (κ1) is 11.9. The lowest BCUT2D eigenvalue weighted by atomic mass is 9.95. The van der Waals surface area contributed by atoms with Crippen molar-refractivity contribution < 1.29 is 0 Å². The van der Waals surface area contributed by atoms with Crippen LogP contribution in [0.2, 0.25) is 5.15 Å². The first-order valence-corrected chi connectivity index (χ1v) is 6.47. The van der Waals surface area contributed by atoms with E-state index in [4.69, 9.17) is 11.6 Å². The van der Waals surface area contributed by atoms with E-state index in [1.807, 2.05) is 14.0 Å². The molecular formula is C12H20ClN3. The molecule has 0 spiro atoms. The molecule has 1 N–H and O–H groups in total. The second-order valence-corrected chi connectivity index (χ2v) is 5.05. The zero-order valence-corrected chi connectivity index (χ0v) is 10.8. The van der Waals surface area contributed by atoms with Gasteiger partial charge in [0.1, 0.15) is 5.15 Å². The van der Waals surface area contributed by atoms with Gasteiger partial charge in [0.05, 0.1) is 5.69 Å². The van der Waals surface area contributed by atoms with Crippen molar-refractivity contribution in [3.05, 3.63) is 16.4 Å². The predicted octanol–water partition coefficient (Wildman–Crippen LogP) is 2.80. The van der Waals surface area contributed by atoms with Crippen molar-refractivity contribution in [1.82, 2.24) is 15.1 Å². The lowest BCUT2D eigenvalue weighted by molar-refractivity contribution is 0.372. The van der Waals surface area contributed by atoms with Gasteiger partial charge in [-0.1, -0.05) is 30.9 Å². The largest absolute Gasteiger partial charge is 0.310 e. The average molecular weight is 242 g/mol. The van der Waals surface area contributed by atoms with Crippen LogP contribution in [0, 0.1) is 6.92 Å². The number of rotatable bonds is 3. The van der Waals surface area contributed by atoms with Crippen molar-refractivity contribution in [1.29, 1.82) is 0 Å². The molecule has 1 aliphatic carbocycles. The third kappa shape index (κ3) is 2.58. The van der Waals surface area contributed by atoms with Crippen molar-refractivity contribution in [2.45, 2.75) is 51.6 Å². The van der Waals surface area contributed by atoms with E-state index in [0.29, 0.717) is 6.04 Å². The van der Waals surface area contributed by atoms with Gasteiger partial charge >= 0.3 is 0 Å². The van der Waals surface area contributed by atoms with Crippen LogP contribution in [0.1, 0.15) is 43.4 Å². The summed E-state index contributed by atoms with van der Waals surface area (Å²) in [4.78, 5) is 0. The van der Waals surface area contributed by atoms with Crippen molar-refractivity contribution in [2.75, 3.05) is 0 Å². The molecule has 4 heteroatoms. The molecule has 0 amide bonds. The highest BCUT2D eigenvalue weighted by molar-refractivity contribution is 6.30. The summed E-state index contributed by atoms with van der Waals surface area (Å²) in [6.07, 6.45) is 6.72. The Morgan fingerprint density at radius 3 is 2.62 bits per heavy atom. The van der Waals surface area contributed by atoms with Crippen LogP contribution in [0.25, 0.3) is 0 Å². The molecule has 1 heterocycles. The zero-order chi connectivity index (χ0) is 11.5. The SMILES string of the molecule is Cc1nn(C)c(Cl)c1CNC1CCCCC1. The molecular weight excluding hydrogens is 222 g/mol. The summed E-state index contributed by atoms with van der Waals surface area (Å²) in [6, 6.07) is 0.671. The standard InChI is InChI=1S/C12H20ClN3/c1-9-11(12(13)16(2)15-9)8-14-10-6-4-3-5-7-10/h10,14H,3-8H2,1-2H3. The molecule has 0 bridgehead atoms. The van der Waals surface area contributed by atoms with E-state index in [0.717, 1.165) is 23.0 Å². The first-order chi connectivity index (χ1) is 7.68. The monoisotopic (exact) mass is 241 g/mol. The summed E-state index contributed by atoms with van der Waals surface area (Å²) in [5.41, 5.74) is 2.19. The molecule has 3 nitrogen and oxygen atoms in total. The quantitative estimate of drug-likeness (QED) is 0.882. The molecule has 1 aliphatic rings. The minimum absolute atomic E-state index is 0.671. The van der Waals surface area contributed by atoms with Crippen molar-refractivity contribution in [3.8, 4) is 0 Å². The summed E-state index contributed by atoms with van der Waals surface area (Å²) in [6.45, 7) is 2.87. The van der Waals surface area contributed by atoms with Gasteiger partial charge in [0.25, 0.3) is 0 Å². The Bertz CT molecular complexity index is 353. The summed E-state index contributed by atoms with van der Waals surface area (Å²) in [5, 5.41) is 8.68. The van der Waals surface area contributed by atoms with Crippen LogP contribution in [0.3, 0.4) is 0 Å². The van der Waals surface area contributed by atoms with Crippen LogP contribution in [-0.4, -0.2) is 15.8 Å². The Morgan fingerprint density at radius 2 is 2.06 bits per heavy atom. The van der Waals surface area contributed by atoms with Crippen molar-refractivity contribution in [2.24, 2.45) is 7.05 Å². The summed E-state index contributed by atoms with van der Waals surface area (Å²) >= 11 is 6.19. The van der Waals surface area contributed by atoms with Gasteiger partial charge in [-0.05, 0) is 19.8 Å². The van der Waals surface area contributed by atoms with Gasteiger partial charge in [-0.2, -0.15) is 5.10 Å². The molecule has 1 fully saturated rings. The number of nitrogens with one attached hydrogen (secondary N) is 1. The van der Waals surface area contributed by atoms with Crippen LogP contribution >= 0.6 is 11.6 Å².